The summed E-state index contributed by atoms with van der Waals surface area (Å²) in [6, 6.07) is 2.32. The van der Waals surface area contributed by atoms with Crippen LogP contribution in [0.5, 0.6) is 0 Å². The number of carbonyl (C=O) groups is 2. The van der Waals surface area contributed by atoms with Crippen molar-refractivity contribution in [3.63, 3.8) is 0 Å². The maximum atomic E-state index is 13.1. The normalized spacial score (nSPS) is 10.4. The number of esters is 1. The lowest BCUT2D eigenvalue weighted by Gasteiger charge is -2.09. The molecule has 1 amide bonds. The smallest absolute Gasteiger partial charge is 0.339 e. The van der Waals surface area contributed by atoms with E-state index < -0.39 is 11.8 Å². The zero-order valence-electron chi connectivity index (χ0n) is 11.2. The molecule has 3 N–H and O–H groups in total. The van der Waals surface area contributed by atoms with Gasteiger partial charge in [-0.05, 0) is 41.9 Å². The first-order valence-electron chi connectivity index (χ1n) is 6.02. The fourth-order valence-corrected chi connectivity index (χ4v) is 1.91. The molecule has 0 aromatic heterocycles. The minimum Gasteiger partial charge on any atom is -0.462 e. The van der Waals surface area contributed by atoms with Gasteiger partial charge in [0.25, 0.3) is 0 Å². The highest BCUT2D eigenvalue weighted by atomic mass is 79.9. The van der Waals surface area contributed by atoms with Crippen LogP contribution >= 0.6 is 15.9 Å². The molecule has 1 rings (SSSR count). The number of hydrogen-bond acceptors (Lipinski definition) is 4. The van der Waals surface area contributed by atoms with Crippen LogP contribution in [-0.4, -0.2) is 24.5 Å². The van der Waals surface area contributed by atoms with E-state index >= 15 is 0 Å². The van der Waals surface area contributed by atoms with Crippen LogP contribution in [0.1, 0.15) is 30.6 Å². The van der Waals surface area contributed by atoms with E-state index in [0.29, 0.717) is 0 Å². The van der Waals surface area contributed by atoms with E-state index in [1.165, 1.54) is 6.07 Å². The predicted octanol–water partition coefficient (Wildman–Crippen LogP) is 2.24. The molecule has 0 saturated heterocycles. The van der Waals surface area contributed by atoms with Gasteiger partial charge >= 0.3 is 5.97 Å². The molecule has 0 aliphatic carbocycles. The van der Waals surface area contributed by atoms with E-state index in [9.17, 15) is 14.0 Å². The molecule has 0 radical (unpaired) electrons. The molecule has 5 nitrogen and oxygen atoms in total. The molecule has 1 aromatic rings. The highest BCUT2D eigenvalue weighted by Crippen LogP contribution is 2.23. The highest BCUT2D eigenvalue weighted by molar-refractivity contribution is 9.10. The highest BCUT2D eigenvalue weighted by Gasteiger charge is 2.15. The summed E-state index contributed by atoms with van der Waals surface area (Å²) in [5, 5.41) is 2.68. The lowest BCUT2D eigenvalue weighted by atomic mass is 10.2. The number of nitrogen functional groups attached to an aromatic ring is 1. The Morgan fingerprint density at radius 1 is 1.45 bits per heavy atom. The van der Waals surface area contributed by atoms with Gasteiger partial charge < -0.3 is 15.8 Å². The largest absolute Gasteiger partial charge is 0.462 e. The molecule has 0 aliphatic heterocycles. The minimum absolute atomic E-state index is 0.0317. The van der Waals surface area contributed by atoms with E-state index in [1.54, 1.807) is 0 Å². The van der Waals surface area contributed by atoms with Gasteiger partial charge in [0.15, 0.2) is 0 Å². The van der Waals surface area contributed by atoms with Crippen LogP contribution < -0.4 is 11.1 Å². The second kappa shape index (κ2) is 7.23. The standard InChI is InChI=1S/C13H16BrFN2O3/c1-7(2)17-12(18)3-4-20-13(19)8-5-11(16)10(15)6-9(8)14/h5-7H,3-4,16H2,1-2H3,(H,17,18). The number of ether oxygens (including phenoxy) is 1. The predicted molar refractivity (Wildman–Crippen MR) is 76.7 cm³/mol. The Morgan fingerprint density at radius 2 is 2.10 bits per heavy atom. The third-order valence-electron chi connectivity index (χ3n) is 2.32. The van der Waals surface area contributed by atoms with Crippen molar-refractivity contribution >= 4 is 33.5 Å². The summed E-state index contributed by atoms with van der Waals surface area (Å²) in [6.07, 6.45) is 0.0677. The molecular formula is C13H16BrFN2O3. The maximum absolute atomic E-state index is 13.1. The Labute approximate surface area is 124 Å². The number of anilines is 1. The number of nitrogens with two attached hydrogens (primary N) is 1. The van der Waals surface area contributed by atoms with Gasteiger partial charge in [0.05, 0.1) is 17.7 Å². The van der Waals surface area contributed by atoms with Crippen LogP contribution in [0.3, 0.4) is 0 Å². The molecule has 110 valence electrons. The van der Waals surface area contributed by atoms with Gasteiger partial charge in [-0.1, -0.05) is 0 Å². The number of amides is 1. The average molecular weight is 347 g/mol. The fraction of sp³-hybridized carbons (Fsp3) is 0.385. The number of hydrogen-bond donors (Lipinski definition) is 2. The molecule has 0 aliphatic rings. The van der Waals surface area contributed by atoms with Crippen molar-refractivity contribution in [3.05, 3.63) is 28.0 Å². The van der Waals surface area contributed by atoms with Crippen LogP contribution in [0.25, 0.3) is 0 Å². The SMILES string of the molecule is CC(C)NC(=O)CCOC(=O)c1cc(N)c(F)cc1Br. The zero-order chi connectivity index (χ0) is 15.3. The monoisotopic (exact) mass is 346 g/mol. The summed E-state index contributed by atoms with van der Waals surface area (Å²) in [4.78, 5) is 23.1. The first-order valence-corrected chi connectivity index (χ1v) is 6.81. The molecular weight excluding hydrogens is 331 g/mol. The number of rotatable bonds is 5. The molecule has 0 unspecified atom stereocenters. The van der Waals surface area contributed by atoms with E-state index in [-0.39, 0.29) is 40.7 Å². The van der Waals surface area contributed by atoms with Gasteiger partial charge in [0.1, 0.15) is 12.4 Å². The van der Waals surface area contributed by atoms with Crippen molar-refractivity contribution in [1.82, 2.24) is 5.32 Å². The fourth-order valence-electron chi connectivity index (χ4n) is 1.43. The molecule has 0 heterocycles. The van der Waals surface area contributed by atoms with Crippen LogP contribution in [-0.2, 0) is 9.53 Å². The summed E-state index contributed by atoms with van der Waals surface area (Å²) in [5.74, 6) is -1.49. The minimum atomic E-state index is -0.666. The second-order valence-electron chi connectivity index (χ2n) is 4.46. The summed E-state index contributed by atoms with van der Waals surface area (Å²) < 4.78 is 18.3. The van der Waals surface area contributed by atoms with Crippen LogP contribution in [0.2, 0.25) is 0 Å². The van der Waals surface area contributed by atoms with E-state index in [1.807, 2.05) is 13.8 Å². The first-order chi connectivity index (χ1) is 9.31. The Hall–Kier alpha value is -1.63. The van der Waals surface area contributed by atoms with Crippen molar-refractivity contribution in [2.24, 2.45) is 0 Å². The van der Waals surface area contributed by atoms with Gasteiger partial charge in [0, 0.05) is 10.5 Å². The second-order valence-corrected chi connectivity index (χ2v) is 5.32. The van der Waals surface area contributed by atoms with Crippen LogP contribution in [0.15, 0.2) is 16.6 Å². The lowest BCUT2D eigenvalue weighted by molar-refractivity contribution is -0.122. The topological polar surface area (TPSA) is 81.4 Å². The number of carbonyl (C=O) groups excluding carboxylic acids is 2. The molecule has 0 spiro atoms. The Bertz CT molecular complexity index is 521. The molecule has 7 heteroatoms. The van der Waals surface area contributed by atoms with Crippen molar-refractivity contribution in [2.75, 3.05) is 12.3 Å². The summed E-state index contributed by atoms with van der Waals surface area (Å²) in [7, 11) is 0. The zero-order valence-corrected chi connectivity index (χ0v) is 12.8. The quantitative estimate of drug-likeness (QED) is 0.632. The van der Waals surface area contributed by atoms with Crippen LogP contribution in [0, 0.1) is 5.82 Å². The summed E-state index contributed by atoms with van der Waals surface area (Å²) in [5.41, 5.74) is 5.37. The van der Waals surface area contributed by atoms with Gasteiger partial charge in [0.2, 0.25) is 5.91 Å². The Kier molecular flexibility index (Phi) is 5.94. The third-order valence-corrected chi connectivity index (χ3v) is 2.97. The van der Waals surface area contributed by atoms with E-state index in [0.717, 1.165) is 6.07 Å². The molecule has 0 saturated carbocycles. The molecule has 20 heavy (non-hydrogen) atoms. The van der Waals surface area contributed by atoms with Gasteiger partial charge in [-0.2, -0.15) is 0 Å². The van der Waals surface area contributed by atoms with Gasteiger partial charge in [-0.15, -0.1) is 0 Å². The number of nitrogens with one attached hydrogen (secondary N) is 1. The number of benzene rings is 1. The van der Waals surface area contributed by atoms with Crippen molar-refractivity contribution in [2.45, 2.75) is 26.3 Å². The maximum Gasteiger partial charge on any atom is 0.339 e. The molecule has 0 atom stereocenters. The Balaban J connectivity index is 2.56. The summed E-state index contributed by atoms with van der Waals surface area (Å²) >= 11 is 3.06. The van der Waals surface area contributed by atoms with E-state index in [4.69, 9.17) is 10.5 Å². The molecule has 1 aromatic carbocycles. The van der Waals surface area contributed by atoms with Gasteiger partial charge in [-0.3, -0.25) is 4.79 Å². The van der Waals surface area contributed by atoms with Gasteiger partial charge in [-0.25, -0.2) is 9.18 Å². The number of halogens is 2. The summed E-state index contributed by atoms with van der Waals surface area (Å²) in [6.45, 7) is 3.62. The molecule has 0 bridgehead atoms. The Morgan fingerprint density at radius 3 is 2.70 bits per heavy atom. The molecule has 0 fully saturated rings. The lowest BCUT2D eigenvalue weighted by Crippen LogP contribution is -2.31. The van der Waals surface area contributed by atoms with Crippen molar-refractivity contribution < 1.29 is 18.7 Å². The third kappa shape index (κ3) is 4.80. The first kappa shape index (κ1) is 16.4. The van der Waals surface area contributed by atoms with Crippen molar-refractivity contribution in [1.29, 1.82) is 0 Å². The van der Waals surface area contributed by atoms with Crippen LogP contribution in [0.4, 0.5) is 10.1 Å². The van der Waals surface area contributed by atoms with Crippen molar-refractivity contribution in [3.8, 4) is 0 Å². The van der Waals surface area contributed by atoms with E-state index in [2.05, 4.69) is 21.2 Å². The average Bonchev–Trinajstić information content (AvgIpc) is 2.32.